The molecule has 1 saturated carbocycles. The molecule has 2 aromatic carbocycles. The summed E-state index contributed by atoms with van der Waals surface area (Å²) in [6, 6.07) is 17.7. The number of anilines is 1. The van der Waals surface area contributed by atoms with Crippen molar-refractivity contribution in [2.24, 2.45) is 11.3 Å². The average Bonchev–Trinajstić information content (AvgIpc) is 3.59. The molecular weight excluding hydrogens is 418 g/mol. The van der Waals surface area contributed by atoms with Crippen LogP contribution < -0.4 is 4.90 Å². The van der Waals surface area contributed by atoms with Crippen molar-refractivity contribution in [3.8, 4) is 0 Å². The number of carbonyl (C=O) groups is 1. The molecule has 1 atom stereocenters. The van der Waals surface area contributed by atoms with E-state index in [2.05, 4.69) is 76.4 Å². The summed E-state index contributed by atoms with van der Waals surface area (Å²) in [6.07, 6.45) is 9.17. The zero-order valence-electron chi connectivity index (χ0n) is 20.5. The van der Waals surface area contributed by atoms with E-state index in [1.54, 1.807) is 0 Å². The lowest BCUT2D eigenvalue weighted by Crippen LogP contribution is -2.39. The predicted octanol–water partition coefficient (Wildman–Crippen LogP) is 4.99. The molecule has 1 amide bonds. The van der Waals surface area contributed by atoms with E-state index in [4.69, 9.17) is 0 Å². The lowest BCUT2D eigenvalue weighted by Gasteiger charge is -2.34. The smallest absolute Gasteiger partial charge is 0.226 e. The first-order chi connectivity index (χ1) is 16.6. The van der Waals surface area contributed by atoms with Crippen LogP contribution in [0.3, 0.4) is 0 Å². The number of nitrogens with zero attached hydrogens (tertiary/aromatic N) is 3. The highest BCUT2D eigenvalue weighted by molar-refractivity contribution is 5.84. The van der Waals surface area contributed by atoms with Crippen LogP contribution in [0.5, 0.6) is 0 Å². The fraction of sp³-hybridized carbons (Fsp3) is 0.500. The Morgan fingerprint density at radius 1 is 1.00 bits per heavy atom. The van der Waals surface area contributed by atoms with E-state index in [0.717, 1.165) is 45.6 Å². The van der Waals surface area contributed by atoms with E-state index < -0.39 is 0 Å². The molecule has 0 N–H and O–H groups in total. The maximum Gasteiger partial charge on any atom is 0.226 e. The van der Waals surface area contributed by atoms with Crippen molar-refractivity contribution in [2.75, 3.05) is 44.7 Å². The number of rotatable bonds is 4. The molecule has 34 heavy (non-hydrogen) atoms. The van der Waals surface area contributed by atoms with Gasteiger partial charge in [-0.3, -0.25) is 9.69 Å². The molecule has 3 aliphatic heterocycles. The molecular formula is C30H37N3O. The molecule has 1 spiro atoms. The minimum absolute atomic E-state index is 0.264. The van der Waals surface area contributed by atoms with Crippen LogP contribution in [-0.2, 0) is 17.8 Å². The largest absolute Gasteiger partial charge is 0.374 e. The van der Waals surface area contributed by atoms with Gasteiger partial charge in [0.2, 0.25) is 5.91 Å². The van der Waals surface area contributed by atoms with Crippen LogP contribution in [0.15, 0.2) is 54.6 Å². The van der Waals surface area contributed by atoms with Gasteiger partial charge in [0.25, 0.3) is 0 Å². The number of aryl methyl sites for hydroxylation is 1. The molecule has 1 saturated heterocycles. The second-order valence-corrected chi connectivity index (χ2v) is 11.0. The number of carbonyl (C=O) groups excluding carboxylic acids is 1. The summed E-state index contributed by atoms with van der Waals surface area (Å²) in [5, 5.41) is 0. The van der Waals surface area contributed by atoms with Crippen LogP contribution in [0, 0.1) is 11.3 Å². The summed E-state index contributed by atoms with van der Waals surface area (Å²) in [5.41, 5.74) is 7.35. The molecule has 3 heterocycles. The highest BCUT2D eigenvalue weighted by atomic mass is 16.2. The maximum absolute atomic E-state index is 13.3. The average molecular weight is 456 g/mol. The van der Waals surface area contributed by atoms with Gasteiger partial charge in [-0.25, -0.2) is 0 Å². The Bertz CT molecular complexity index is 1080. The van der Waals surface area contributed by atoms with Crippen LogP contribution in [0.4, 0.5) is 5.69 Å². The van der Waals surface area contributed by atoms with Gasteiger partial charge in [0.15, 0.2) is 0 Å². The van der Waals surface area contributed by atoms with Crippen LogP contribution in [0.25, 0.3) is 5.57 Å². The number of hydrogen-bond donors (Lipinski definition) is 0. The summed E-state index contributed by atoms with van der Waals surface area (Å²) in [4.78, 5) is 20.4. The Kier molecular flexibility index (Phi) is 5.73. The van der Waals surface area contributed by atoms with E-state index in [0.29, 0.717) is 5.91 Å². The molecule has 4 aliphatic rings. The van der Waals surface area contributed by atoms with Crippen molar-refractivity contribution >= 4 is 17.2 Å². The Morgan fingerprint density at radius 2 is 1.82 bits per heavy atom. The minimum atomic E-state index is 0.264. The fourth-order valence-electron chi connectivity index (χ4n) is 6.61. The number of benzene rings is 2. The van der Waals surface area contributed by atoms with E-state index in [1.165, 1.54) is 60.2 Å². The number of likely N-dealkylation sites (tertiary alicyclic amines) is 1. The molecule has 1 unspecified atom stereocenters. The topological polar surface area (TPSA) is 26.8 Å². The van der Waals surface area contributed by atoms with Gasteiger partial charge in [-0.2, -0.15) is 0 Å². The van der Waals surface area contributed by atoms with Gasteiger partial charge < -0.3 is 9.80 Å². The summed E-state index contributed by atoms with van der Waals surface area (Å²) in [6.45, 7) is 6.10. The first kappa shape index (κ1) is 21.9. The molecule has 2 aromatic rings. The molecule has 2 fully saturated rings. The zero-order chi connectivity index (χ0) is 23.1. The van der Waals surface area contributed by atoms with Crippen LogP contribution in [-0.4, -0.2) is 55.5 Å². The van der Waals surface area contributed by atoms with Crippen LogP contribution >= 0.6 is 0 Å². The number of fused-ring (bicyclic) bond motifs is 1. The zero-order valence-corrected chi connectivity index (χ0v) is 20.5. The van der Waals surface area contributed by atoms with Crippen LogP contribution in [0.1, 0.15) is 48.8 Å². The molecule has 6 rings (SSSR count). The monoisotopic (exact) mass is 455 g/mol. The summed E-state index contributed by atoms with van der Waals surface area (Å²) in [7, 11) is 2.21. The van der Waals surface area contributed by atoms with Gasteiger partial charge in [-0.05, 0) is 85.4 Å². The van der Waals surface area contributed by atoms with Crippen molar-refractivity contribution in [1.29, 1.82) is 0 Å². The van der Waals surface area contributed by atoms with Crippen molar-refractivity contribution in [1.82, 2.24) is 9.80 Å². The fourth-order valence-corrected chi connectivity index (χ4v) is 6.61. The third-order valence-electron chi connectivity index (χ3n) is 8.91. The van der Waals surface area contributed by atoms with E-state index >= 15 is 0 Å². The van der Waals surface area contributed by atoms with Gasteiger partial charge >= 0.3 is 0 Å². The maximum atomic E-state index is 13.3. The molecule has 0 radical (unpaired) electrons. The van der Waals surface area contributed by atoms with Crippen molar-refractivity contribution in [3.63, 3.8) is 0 Å². The second-order valence-electron chi connectivity index (χ2n) is 11.0. The van der Waals surface area contributed by atoms with Gasteiger partial charge in [0.05, 0.1) is 0 Å². The van der Waals surface area contributed by atoms with Crippen molar-refractivity contribution in [2.45, 2.75) is 45.1 Å². The Hall–Kier alpha value is -2.59. The first-order valence-corrected chi connectivity index (χ1v) is 13.2. The lowest BCUT2D eigenvalue weighted by atomic mass is 9.89. The molecule has 4 heteroatoms. The number of hydrogen-bond acceptors (Lipinski definition) is 3. The van der Waals surface area contributed by atoms with Crippen LogP contribution in [0.2, 0.25) is 0 Å². The minimum Gasteiger partial charge on any atom is -0.374 e. The van der Waals surface area contributed by atoms with Gasteiger partial charge in [-0.15, -0.1) is 0 Å². The molecule has 4 nitrogen and oxygen atoms in total. The van der Waals surface area contributed by atoms with E-state index in [9.17, 15) is 4.79 Å². The normalized spacial score (nSPS) is 24.0. The highest BCUT2D eigenvalue weighted by Gasteiger charge is 2.59. The predicted molar refractivity (Wildman–Crippen MR) is 139 cm³/mol. The van der Waals surface area contributed by atoms with Gasteiger partial charge in [0.1, 0.15) is 0 Å². The van der Waals surface area contributed by atoms with E-state index in [1.807, 2.05) is 0 Å². The quantitative estimate of drug-likeness (QED) is 0.650. The third kappa shape index (κ3) is 4.17. The van der Waals surface area contributed by atoms with Crippen molar-refractivity contribution in [3.05, 3.63) is 71.3 Å². The molecule has 0 bridgehead atoms. The third-order valence-corrected chi connectivity index (χ3v) is 8.91. The highest BCUT2D eigenvalue weighted by Crippen LogP contribution is 2.60. The SMILES string of the molecule is CN1CCCc2cc(CN3CCC4(CC3)CC4C(=O)N3CC=C(c4ccccc4)CC3)ccc21. The molecule has 0 aromatic heterocycles. The lowest BCUT2D eigenvalue weighted by molar-refractivity contribution is -0.133. The molecule has 178 valence electrons. The number of piperidine rings is 1. The standard InChI is InChI=1S/C30H37N3O/c1-31-15-5-8-26-20-23(9-10-28(26)31)22-32-18-13-30(14-19-32)21-27(30)29(34)33-16-11-25(12-17-33)24-6-3-2-4-7-24/h2-4,6-7,9-11,20,27H,5,8,12-19,21-22H2,1H3. The Labute approximate surface area is 204 Å². The van der Waals surface area contributed by atoms with Gasteiger partial charge in [0, 0.05) is 44.8 Å². The first-order valence-electron chi connectivity index (χ1n) is 13.2. The summed E-state index contributed by atoms with van der Waals surface area (Å²) in [5.74, 6) is 0.677. The summed E-state index contributed by atoms with van der Waals surface area (Å²) >= 11 is 0. The number of amides is 1. The summed E-state index contributed by atoms with van der Waals surface area (Å²) < 4.78 is 0. The van der Waals surface area contributed by atoms with Crippen molar-refractivity contribution < 1.29 is 4.79 Å². The Morgan fingerprint density at radius 3 is 2.59 bits per heavy atom. The van der Waals surface area contributed by atoms with E-state index in [-0.39, 0.29) is 11.3 Å². The molecule has 1 aliphatic carbocycles. The second kappa shape index (κ2) is 8.88. The van der Waals surface area contributed by atoms with Gasteiger partial charge in [-0.1, -0.05) is 48.5 Å². The Balaban J connectivity index is 1.02.